The van der Waals surface area contributed by atoms with Crippen LogP contribution in [0.15, 0.2) is 11.6 Å². The van der Waals surface area contributed by atoms with Crippen LogP contribution in [0.25, 0.3) is 6.08 Å². The summed E-state index contributed by atoms with van der Waals surface area (Å²) < 4.78 is 5.25. The molecular weight excluding hydrogens is 198 g/mol. The normalized spacial score (nSPS) is 17.9. The van der Waals surface area contributed by atoms with Crippen molar-refractivity contribution < 1.29 is 4.74 Å². The summed E-state index contributed by atoms with van der Waals surface area (Å²) >= 11 is 1.46. The number of ether oxygens (including phenoxy) is 1. The van der Waals surface area contributed by atoms with Gasteiger partial charge in [0.05, 0.1) is 18.9 Å². The van der Waals surface area contributed by atoms with Gasteiger partial charge in [-0.2, -0.15) is 0 Å². The summed E-state index contributed by atoms with van der Waals surface area (Å²) in [6.45, 7) is 3.53. The first kappa shape index (κ1) is 9.48. The number of anilines is 1. The van der Waals surface area contributed by atoms with E-state index in [4.69, 9.17) is 10.5 Å². The van der Waals surface area contributed by atoms with Gasteiger partial charge < -0.3 is 15.4 Å². The van der Waals surface area contributed by atoms with Crippen LogP contribution in [0.5, 0.6) is 0 Å². The number of thiazole rings is 1. The second-order valence-electron chi connectivity index (χ2n) is 3.07. The molecule has 0 aliphatic carbocycles. The van der Waals surface area contributed by atoms with Gasteiger partial charge >= 0.3 is 0 Å². The highest BCUT2D eigenvalue weighted by molar-refractivity contribution is 7.13. The smallest absolute Gasteiger partial charge is 0.180 e. The summed E-state index contributed by atoms with van der Waals surface area (Å²) in [4.78, 5) is 6.37. The lowest BCUT2D eigenvalue weighted by atomic mass is 10.4. The maximum atomic E-state index is 5.53. The van der Waals surface area contributed by atoms with E-state index in [0.717, 1.165) is 32.0 Å². The average Bonchev–Trinajstić information content (AvgIpc) is 2.63. The van der Waals surface area contributed by atoms with Crippen molar-refractivity contribution in [3.8, 4) is 0 Å². The molecule has 4 nitrogen and oxygen atoms in total. The van der Waals surface area contributed by atoms with Crippen molar-refractivity contribution in [2.45, 2.75) is 0 Å². The molecule has 0 saturated carbocycles. The maximum absolute atomic E-state index is 5.53. The number of rotatable bonds is 2. The Balaban J connectivity index is 1.92. The highest BCUT2D eigenvalue weighted by Crippen LogP contribution is 2.12. The Morgan fingerprint density at radius 3 is 2.93 bits per heavy atom. The summed E-state index contributed by atoms with van der Waals surface area (Å²) in [6, 6.07) is 0. The van der Waals surface area contributed by atoms with Crippen LogP contribution >= 0.6 is 11.3 Å². The van der Waals surface area contributed by atoms with Crippen LogP contribution in [0, 0.1) is 0 Å². The zero-order valence-corrected chi connectivity index (χ0v) is 8.67. The van der Waals surface area contributed by atoms with Gasteiger partial charge in [-0.15, -0.1) is 11.3 Å². The number of hydrogen-bond donors (Lipinski definition) is 1. The van der Waals surface area contributed by atoms with Gasteiger partial charge in [0.1, 0.15) is 0 Å². The van der Waals surface area contributed by atoms with Crippen LogP contribution < -0.4 is 5.73 Å². The van der Waals surface area contributed by atoms with Gasteiger partial charge in [0, 0.05) is 24.7 Å². The quantitative estimate of drug-likeness (QED) is 0.793. The molecule has 1 aliphatic rings. The lowest BCUT2D eigenvalue weighted by Gasteiger charge is -2.24. The van der Waals surface area contributed by atoms with E-state index >= 15 is 0 Å². The van der Waals surface area contributed by atoms with Crippen LogP contribution in [-0.4, -0.2) is 36.2 Å². The van der Waals surface area contributed by atoms with Crippen molar-refractivity contribution in [1.29, 1.82) is 0 Å². The Labute approximate surface area is 87.0 Å². The molecule has 0 bridgehead atoms. The van der Waals surface area contributed by atoms with E-state index in [1.165, 1.54) is 11.3 Å². The van der Waals surface area contributed by atoms with Crippen LogP contribution in [0.4, 0.5) is 5.13 Å². The summed E-state index contributed by atoms with van der Waals surface area (Å²) in [6.07, 6.45) is 4.04. The highest BCUT2D eigenvalue weighted by Gasteiger charge is 2.05. The third-order valence-electron chi connectivity index (χ3n) is 2.04. The molecule has 0 aromatic carbocycles. The fourth-order valence-electron chi connectivity index (χ4n) is 1.29. The Kier molecular flexibility index (Phi) is 3.00. The molecule has 2 N–H and O–H groups in total. The summed E-state index contributed by atoms with van der Waals surface area (Å²) in [5, 5.41) is 2.57. The average molecular weight is 211 g/mol. The Morgan fingerprint density at radius 1 is 1.50 bits per heavy atom. The van der Waals surface area contributed by atoms with E-state index < -0.39 is 0 Å². The second kappa shape index (κ2) is 4.43. The molecule has 1 saturated heterocycles. The Hall–Kier alpha value is -1.07. The minimum Gasteiger partial charge on any atom is -0.378 e. The zero-order valence-electron chi connectivity index (χ0n) is 7.85. The van der Waals surface area contributed by atoms with E-state index in [0.29, 0.717) is 5.13 Å². The molecule has 1 aliphatic heterocycles. The monoisotopic (exact) mass is 211 g/mol. The number of morpholine rings is 1. The molecule has 76 valence electrons. The largest absolute Gasteiger partial charge is 0.378 e. The molecule has 2 rings (SSSR count). The SMILES string of the molecule is Nc1nc(/C=C/N2CCOCC2)cs1. The topological polar surface area (TPSA) is 51.4 Å². The first-order chi connectivity index (χ1) is 6.84. The lowest BCUT2D eigenvalue weighted by molar-refractivity contribution is 0.0597. The number of nitrogens with two attached hydrogens (primary N) is 1. The van der Waals surface area contributed by atoms with E-state index in [1.807, 2.05) is 11.5 Å². The molecule has 1 aromatic heterocycles. The van der Waals surface area contributed by atoms with Crippen LogP contribution in [0.3, 0.4) is 0 Å². The van der Waals surface area contributed by atoms with Crippen molar-refractivity contribution >= 4 is 22.5 Å². The summed E-state index contributed by atoms with van der Waals surface area (Å²) in [7, 11) is 0. The molecule has 0 unspecified atom stereocenters. The van der Waals surface area contributed by atoms with Crippen LogP contribution in [0.1, 0.15) is 5.69 Å². The van der Waals surface area contributed by atoms with Crippen molar-refractivity contribution in [3.05, 3.63) is 17.3 Å². The molecule has 5 heteroatoms. The van der Waals surface area contributed by atoms with Gasteiger partial charge in [0.2, 0.25) is 0 Å². The zero-order chi connectivity index (χ0) is 9.80. The predicted molar refractivity (Wildman–Crippen MR) is 58.0 cm³/mol. The fraction of sp³-hybridized carbons (Fsp3) is 0.444. The lowest BCUT2D eigenvalue weighted by Crippen LogP contribution is -2.31. The van der Waals surface area contributed by atoms with Gasteiger partial charge in [0.15, 0.2) is 5.13 Å². The first-order valence-corrected chi connectivity index (χ1v) is 5.43. The molecule has 0 amide bonds. The number of nitrogens with zero attached hydrogens (tertiary/aromatic N) is 2. The third kappa shape index (κ3) is 2.46. The van der Waals surface area contributed by atoms with Gasteiger partial charge in [-0.1, -0.05) is 0 Å². The number of nitrogen functional groups attached to an aromatic ring is 1. The van der Waals surface area contributed by atoms with Crippen molar-refractivity contribution in [2.24, 2.45) is 0 Å². The molecule has 0 spiro atoms. The molecule has 14 heavy (non-hydrogen) atoms. The molecule has 1 aromatic rings. The van der Waals surface area contributed by atoms with E-state index in [2.05, 4.69) is 16.1 Å². The van der Waals surface area contributed by atoms with E-state index in [1.54, 1.807) is 0 Å². The molecule has 0 radical (unpaired) electrons. The standard InChI is InChI=1S/C9H13N3OS/c10-9-11-8(7-14-9)1-2-12-3-5-13-6-4-12/h1-2,7H,3-6H2,(H2,10,11)/b2-1+. The van der Waals surface area contributed by atoms with Gasteiger partial charge in [-0.25, -0.2) is 4.98 Å². The Morgan fingerprint density at radius 2 is 2.29 bits per heavy atom. The van der Waals surface area contributed by atoms with Crippen LogP contribution in [0.2, 0.25) is 0 Å². The minimum atomic E-state index is 0.617. The number of aromatic nitrogens is 1. The molecular formula is C9H13N3OS. The third-order valence-corrected chi connectivity index (χ3v) is 2.73. The molecule has 0 atom stereocenters. The fourth-order valence-corrected chi connectivity index (χ4v) is 1.82. The Bertz CT molecular complexity index is 318. The molecule has 1 fully saturated rings. The van der Waals surface area contributed by atoms with Crippen molar-refractivity contribution in [2.75, 3.05) is 32.0 Å². The number of hydrogen-bond acceptors (Lipinski definition) is 5. The minimum absolute atomic E-state index is 0.617. The van der Waals surface area contributed by atoms with Crippen molar-refractivity contribution in [3.63, 3.8) is 0 Å². The predicted octanol–water partition coefficient (Wildman–Crippen LogP) is 1.03. The van der Waals surface area contributed by atoms with Gasteiger partial charge in [0.25, 0.3) is 0 Å². The summed E-state index contributed by atoms with van der Waals surface area (Å²) in [5.41, 5.74) is 6.46. The summed E-state index contributed by atoms with van der Waals surface area (Å²) in [5.74, 6) is 0. The maximum Gasteiger partial charge on any atom is 0.180 e. The molecule has 2 heterocycles. The van der Waals surface area contributed by atoms with E-state index in [9.17, 15) is 0 Å². The first-order valence-electron chi connectivity index (χ1n) is 4.55. The highest BCUT2D eigenvalue weighted by atomic mass is 32.1. The second-order valence-corrected chi connectivity index (χ2v) is 3.96. The van der Waals surface area contributed by atoms with Crippen LogP contribution in [-0.2, 0) is 4.74 Å². The van der Waals surface area contributed by atoms with Gasteiger partial charge in [-0.05, 0) is 6.08 Å². The van der Waals surface area contributed by atoms with Gasteiger partial charge in [-0.3, -0.25) is 0 Å². The van der Waals surface area contributed by atoms with Crippen molar-refractivity contribution in [1.82, 2.24) is 9.88 Å². The van der Waals surface area contributed by atoms with E-state index in [-0.39, 0.29) is 0 Å².